The first-order valence-electron chi connectivity index (χ1n) is 12.0. The number of H-pyrrole nitrogens is 1. The van der Waals surface area contributed by atoms with E-state index in [4.69, 9.17) is 23.7 Å². The van der Waals surface area contributed by atoms with Crippen LogP contribution in [-0.2, 0) is 19.4 Å². The summed E-state index contributed by atoms with van der Waals surface area (Å²) in [6.45, 7) is 0.916. The van der Waals surface area contributed by atoms with Crippen molar-refractivity contribution >= 4 is 0 Å². The van der Waals surface area contributed by atoms with Crippen LogP contribution >= 0.6 is 0 Å². The number of rotatable bonds is 7. The number of aromatic amines is 1. The van der Waals surface area contributed by atoms with E-state index >= 15 is 0 Å². The summed E-state index contributed by atoms with van der Waals surface area (Å²) in [5.41, 5.74) is 1.33. The van der Waals surface area contributed by atoms with Crippen molar-refractivity contribution in [3.63, 3.8) is 0 Å². The summed E-state index contributed by atoms with van der Waals surface area (Å²) in [5.74, 6) is 2.32. The molecule has 196 valence electrons. The summed E-state index contributed by atoms with van der Waals surface area (Å²) >= 11 is 0. The first kappa shape index (κ1) is 24.6. The van der Waals surface area contributed by atoms with Crippen molar-refractivity contribution in [3.8, 4) is 34.6 Å². The maximum Gasteiger partial charge on any atom is 0.331 e. The van der Waals surface area contributed by atoms with E-state index < -0.39 is 17.3 Å². The molecule has 0 saturated heterocycles. The molecule has 5 rings (SSSR count). The minimum absolute atomic E-state index is 0.0782. The van der Waals surface area contributed by atoms with Gasteiger partial charge in [-0.1, -0.05) is 6.07 Å². The minimum atomic E-state index is -0.682. The summed E-state index contributed by atoms with van der Waals surface area (Å²) in [4.78, 5) is 29.3. The molecule has 3 aromatic rings. The molecule has 0 aliphatic carbocycles. The molecular weight excluding hydrogens is 482 g/mol. The number of aryl methyl sites for hydroxylation is 1. The van der Waals surface area contributed by atoms with Crippen LogP contribution in [0.5, 0.6) is 34.6 Å². The highest BCUT2D eigenvalue weighted by Gasteiger charge is 2.41. The van der Waals surface area contributed by atoms with Crippen molar-refractivity contribution in [3.05, 3.63) is 67.4 Å². The van der Waals surface area contributed by atoms with Gasteiger partial charge in [0.2, 0.25) is 18.4 Å². The zero-order valence-electron chi connectivity index (χ0n) is 21.2. The van der Waals surface area contributed by atoms with Gasteiger partial charge >= 0.3 is 5.69 Å². The predicted octanol–water partition coefficient (Wildman–Crippen LogP) is 0.400. The second kappa shape index (κ2) is 9.74. The third-order valence-electron chi connectivity index (χ3n) is 7.09. The van der Waals surface area contributed by atoms with Crippen LogP contribution in [0.2, 0.25) is 0 Å². The number of hydrogen-bond donors (Lipinski definition) is 3. The van der Waals surface area contributed by atoms with Crippen molar-refractivity contribution in [2.45, 2.75) is 25.4 Å². The summed E-state index contributed by atoms with van der Waals surface area (Å²) < 4.78 is 28.8. The lowest BCUT2D eigenvalue weighted by atomic mass is 9.87. The number of hydrogen-bond acceptors (Lipinski definition) is 8. The molecule has 0 fully saturated rings. The SMILES string of the molecule is COc1ccc(CCn2c(O)c([C@@H]3c4c(cc5c(c4OC)OCO5)CC[NH+]3C)c(=O)[nH]c2=O)cc1OC. The van der Waals surface area contributed by atoms with Gasteiger partial charge in [-0.25, -0.2) is 4.79 Å². The Labute approximate surface area is 212 Å². The standard InChI is InChI=1S/C26H29N3O8/c1-28-9-8-15-12-18-22(37-13-36-18)23(35-4)19(15)21(28)20-24(30)27-26(32)29(25(20)31)10-7-14-5-6-16(33-2)17(11-14)34-3/h5-6,11-12,21,31H,7-10,13H2,1-4H3,(H,27,30,32)/p+1/t21-/m0/s1. The number of benzene rings is 2. The second-order valence-electron chi connectivity index (χ2n) is 9.08. The molecule has 37 heavy (non-hydrogen) atoms. The largest absolute Gasteiger partial charge is 0.494 e. The van der Waals surface area contributed by atoms with Crippen molar-refractivity contribution in [1.82, 2.24) is 9.55 Å². The smallest absolute Gasteiger partial charge is 0.331 e. The van der Waals surface area contributed by atoms with Crippen LogP contribution in [0.4, 0.5) is 0 Å². The Bertz CT molecular complexity index is 1460. The quantitative estimate of drug-likeness (QED) is 0.416. The number of methoxy groups -OCH3 is 3. The average Bonchev–Trinajstić information content (AvgIpc) is 3.36. The third kappa shape index (κ3) is 4.14. The molecule has 2 atom stereocenters. The minimum Gasteiger partial charge on any atom is -0.494 e. The Hall–Kier alpha value is -4.12. The Morgan fingerprint density at radius 3 is 2.59 bits per heavy atom. The first-order valence-corrected chi connectivity index (χ1v) is 12.0. The normalized spacial score (nSPS) is 17.8. The fraction of sp³-hybridized carbons (Fsp3) is 0.385. The lowest BCUT2D eigenvalue weighted by Crippen LogP contribution is -3.10. The molecule has 3 N–H and O–H groups in total. The molecule has 2 aliphatic rings. The van der Waals surface area contributed by atoms with Crippen molar-refractivity contribution in [2.75, 3.05) is 41.7 Å². The Morgan fingerprint density at radius 2 is 1.86 bits per heavy atom. The number of fused-ring (bicyclic) bond motifs is 2. The van der Waals surface area contributed by atoms with Crippen molar-refractivity contribution in [1.29, 1.82) is 0 Å². The van der Waals surface area contributed by atoms with E-state index in [-0.39, 0.29) is 24.8 Å². The van der Waals surface area contributed by atoms with E-state index in [2.05, 4.69) is 4.98 Å². The molecule has 0 spiro atoms. The predicted molar refractivity (Wildman–Crippen MR) is 133 cm³/mol. The molecule has 3 heterocycles. The van der Waals surface area contributed by atoms with Gasteiger partial charge in [0.15, 0.2) is 29.0 Å². The van der Waals surface area contributed by atoms with Crippen LogP contribution in [0.25, 0.3) is 0 Å². The van der Waals surface area contributed by atoms with Crippen LogP contribution < -0.4 is 39.8 Å². The Kier molecular flexibility index (Phi) is 6.46. The van der Waals surface area contributed by atoms with Gasteiger partial charge in [0, 0.05) is 13.0 Å². The number of nitrogens with zero attached hydrogens (tertiary/aromatic N) is 1. The van der Waals surface area contributed by atoms with E-state index in [0.717, 1.165) is 28.0 Å². The van der Waals surface area contributed by atoms with Crippen molar-refractivity contribution in [2.24, 2.45) is 0 Å². The lowest BCUT2D eigenvalue weighted by Gasteiger charge is -2.33. The summed E-state index contributed by atoms with van der Waals surface area (Å²) in [6, 6.07) is 6.76. The number of aromatic nitrogens is 2. The molecule has 1 unspecified atom stereocenters. The van der Waals surface area contributed by atoms with E-state index in [9.17, 15) is 14.7 Å². The fourth-order valence-corrected chi connectivity index (χ4v) is 5.24. The maximum absolute atomic E-state index is 13.2. The maximum atomic E-state index is 13.2. The van der Waals surface area contributed by atoms with E-state index in [1.165, 1.54) is 11.7 Å². The zero-order chi connectivity index (χ0) is 26.3. The lowest BCUT2D eigenvalue weighted by molar-refractivity contribution is -0.908. The molecular formula is C26H30N3O8+. The van der Waals surface area contributed by atoms with E-state index in [1.807, 2.05) is 25.2 Å². The molecule has 2 aromatic carbocycles. The van der Waals surface area contributed by atoms with Crippen LogP contribution in [0.3, 0.4) is 0 Å². The molecule has 0 amide bonds. The van der Waals surface area contributed by atoms with E-state index in [1.54, 1.807) is 20.3 Å². The van der Waals surface area contributed by atoms with Gasteiger partial charge in [0.25, 0.3) is 5.56 Å². The van der Waals surface area contributed by atoms with Crippen LogP contribution in [0.1, 0.15) is 28.3 Å². The van der Waals surface area contributed by atoms with Gasteiger partial charge < -0.3 is 33.7 Å². The zero-order valence-corrected chi connectivity index (χ0v) is 21.2. The first-order chi connectivity index (χ1) is 17.9. The van der Waals surface area contributed by atoms with Gasteiger partial charge in [0.05, 0.1) is 40.5 Å². The number of ether oxygens (including phenoxy) is 5. The summed E-state index contributed by atoms with van der Waals surface area (Å²) in [6.07, 6.45) is 1.13. The third-order valence-corrected chi connectivity index (χ3v) is 7.09. The number of aromatic hydroxyl groups is 1. The van der Waals surface area contributed by atoms with Gasteiger partial charge in [-0.2, -0.15) is 0 Å². The number of nitrogens with one attached hydrogen (secondary N) is 2. The van der Waals surface area contributed by atoms with Gasteiger partial charge in [0.1, 0.15) is 5.56 Å². The number of likely N-dealkylation sites (N-methyl/N-ethyl adjacent to an activating group) is 1. The summed E-state index contributed by atoms with van der Waals surface area (Å²) in [5, 5.41) is 11.4. The Morgan fingerprint density at radius 1 is 1.08 bits per heavy atom. The van der Waals surface area contributed by atoms with Crippen molar-refractivity contribution < 1.29 is 33.7 Å². The molecule has 1 aromatic heterocycles. The molecule has 2 aliphatic heterocycles. The molecule has 0 radical (unpaired) electrons. The second-order valence-corrected chi connectivity index (χ2v) is 9.08. The Balaban J connectivity index is 1.58. The van der Waals surface area contributed by atoms with Crippen LogP contribution in [0.15, 0.2) is 33.9 Å². The fourth-order valence-electron chi connectivity index (χ4n) is 5.24. The molecule has 11 nitrogen and oxygen atoms in total. The van der Waals surface area contributed by atoms with Gasteiger partial charge in [-0.15, -0.1) is 0 Å². The average molecular weight is 513 g/mol. The molecule has 11 heteroatoms. The van der Waals surface area contributed by atoms with Crippen LogP contribution in [-0.4, -0.2) is 56.4 Å². The monoisotopic (exact) mass is 512 g/mol. The topological polar surface area (TPSA) is 126 Å². The highest BCUT2D eigenvalue weighted by atomic mass is 16.7. The number of quaternary nitrogens is 1. The summed E-state index contributed by atoms with van der Waals surface area (Å²) in [7, 11) is 6.58. The highest BCUT2D eigenvalue weighted by Crippen LogP contribution is 2.48. The van der Waals surface area contributed by atoms with E-state index in [0.29, 0.717) is 41.7 Å². The van der Waals surface area contributed by atoms with Gasteiger partial charge in [-0.3, -0.25) is 14.3 Å². The highest BCUT2D eigenvalue weighted by molar-refractivity contribution is 5.62. The molecule has 0 bridgehead atoms. The van der Waals surface area contributed by atoms with Gasteiger partial charge in [-0.05, 0) is 35.7 Å². The molecule has 0 saturated carbocycles. The van der Waals surface area contributed by atoms with Crippen LogP contribution in [0, 0.1) is 0 Å².